The van der Waals surface area contributed by atoms with Crippen LogP contribution in [0.15, 0.2) is 65.5 Å². The van der Waals surface area contributed by atoms with E-state index in [4.69, 9.17) is 9.47 Å². The molecule has 0 saturated carbocycles. The van der Waals surface area contributed by atoms with E-state index in [9.17, 15) is 18.0 Å². The van der Waals surface area contributed by atoms with Crippen molar-refractivity contribution in [3.05, 3.63) is 99.2 Å². The van der Waals surface area contributed by atoms with Crippen molar-refractivity contribution in [2.75, 3.05) is 40.4 Å². The van der Waals surface area contributed by atoms with E-state index in [1.165, 1.54) is 35.9 Å². The van der Waals surface area contributed by atoms with Gasteiger partial charge in [0.05, 0.1) is 36.9 Å². The van der Waals surface area contributed by atoms with Crippen LogP contribution in [0, 0.1) is 5.82 Å². The molecule has 0 spiro atoms. The first kappa shape index (κ1) is 28.4. The minimum atomic E-state index is -4.58. The Hall–Kier alpha value is -3.67. The molecule has 1 unspecified atom stereocenters. The summed E-state index contributed by atoms with van der Waals surface area (Å²) in [5.74, 6) is -0.359. The molecular formula is C31H32F4N4O3. The summed E-state index contributed by atoms with van der Waals surface area (Å²) >= 11 is 0. The summed E-state index contributed by atoms with van der Waals surface area (Å²) in [6.07, 6.45) is -4.42. The van der Waals surface area contributed by atoms with E-state index in [0.29, 0.717) is 42.0 Å². The number of ether oxygens (including phenoxy) is 2. The van der Waals surface area contributed by atoms with Crippen molar-refractivity contribution < 1.29 is 27.0 Å². The van der Waals surface area contributed by atoms with Crippen LogP contribution in [0.25, 0.3) is 11.0 Å². The van der Waals surface area contributed by atoms with Crippen molar-refractivity contribution >= 4 is 11.0 Å². The van der Waals surface area contributed by atoms with E-state index >= 15 is 4.39 Å². The number of likely N-dealkylation sites (tertiary alicyclic amines) is 1. The van der Waals surface area contributed by atoms with Crippen LogP contribution in [0.2, 0.25) is 0 Å². The van der Waals surface area contributed by atoms with Gasteiger partial charge in [-0.2, -0.15) is 13.2 Å². The highest BCUT2D eigenvalue weighted by molar-refractivity contribution is 5.83. The summed E-state index contributed by atoms with van der Waals surface area (Å²) in [4.78, 5) is 16.4. The highest BCUT2D eigenvalue weighted by Gasteiger charge is 2.38. The van der Waals surface area contributed by atoms with Gasteiger partial charge in [-0.3, -0.25) is 14.0 Å². The summed E-state index contributed by atoms with van der Waals surface area (Å²) in [5.41, 5.74) is 1.000. The number of nitrogens with zero attached hydrogens (tertiary/aromatic N) is 3. The molecular weight excluding hydrogens is 552 g/mol. The van der Waals surface area contributed by atoms with Crippen LogP contribution in [0.1, 0.15) is 34.2 Å². The molecule has 11 heteroatoms. The molecule has 6 rings (SSSR count). The Bertz CT molecular complexity index is 1660. The van der Waals surface area contributed by atoms with E-state index in [1.54, 1.807) is 35.9 Å². The van der Waals surface area contributed by atoms with Gasteiger partial charge in [-0.15, -0.1) is 0 Å². The first-order chi connectivity index (χ1) is 20.2. The smallest absolute Gasteiger partial charge is 0.416 e. The largest absolute Gasteiger partial charge is 0.494 e. The molecule has 1 N–H and O–H groups in total. The maximum absolute atomic E-state index is 15.6. The fraction of sp³-hybridized carbons (Fsp3) is 0.387. The van der Waals surface area contributed by atoms with Crippen LogP contribution < -0.4 is 15.7 Å². The van der Waals surface area contributed by atoms with Crippen LogP contribution in [-0.4, -0.2) is 60.5 Å². The molecule has 0 radical (unpaired) electrons. The molecule has 4 aromatic rings. The van der Waals surface area contributed by atoms with Gasteiger partial charge in [-0.05, 0) is 41.0 Å². The number of benzene rings is 3. The second-order valence-corrected chi connectivity index (χ2v) is 10.9. The maximum Gasteiger partial charge on any atom is 0.416 e. The quantitative estimate of drug-likeness (QED) is 0.303. The number of halogens is 4. The zero-order valence-electron chi connectivity index (χ0n) is 23.3. The standard InChI is InChI=1S/C31H32F4N4O3/c1-41-21-17-37(18-21)15-20-8-5-10-24(32)28(20)22-13-36-14-26(22)39-25-11-6-12-27(42-2)29(25)38(30(39)40)16-19-7-3-4-9-23(19)31(33,34)35/h3-12,21-22,26,36H,13-18H2,1-2H3/t22?,26-/m0/s1. The lowest BCUT2D eigenvalue weighted by molar-refractivity contribution is -0.138. The number of para-hydroxylation sites is 1. The molecule has 0 amide bonds. The van der Waals surface area contributed by atoms with Gasteiger partial charge in [0.2, 0.25) is 0 Å². The third kappa shape index (κ3) is 4.99. The number of fused-ring (bicyclic) bond motifs is 1. The van der Waals surface area contributed by atoms with E-state index < -0.39 is 23.5 Å². The molecule has 2 atom stereocenters. The van der Waals surface area contributed by atoms with Crippen molar-refractivity contribution in [3.63, 3.8) is 0 Å². The minimum absolute atomic E-state index is 0.0292. The highest BCUT2D eigenvalue weighted by atomic mass is 19.4. The molecule has 42 heavy (non-hydrogen) atoms. The zero-order chi connectivity index (χ0) is 29.6. The first-order valence-corrected chi connectivity index (χ1v) is 13.9. The molecule has 0 bridgehead atoms. The summed E-state index contributed by atoms with van der Waals surface area (Å²) in [6, 6.07) is 15.0. The van der Waals surface area contributed by atoms with E-state index in [2.05, 4.69) is 10.2 Å². The van der Waals surface area contributed by atoms with Gasteiger partial charge in [0.25, 0.3) is 0 Å². The van der Waals surface area contributed by atoms with Crippen LogP contribution in [-0.2, 0) is 24.0 Å². The number of methoxy groups -OCH3 is 2. The van der Waals surface area contributed by atoms with Crippen LogP contribution in [0.4, 0.5) is 17.6 Å². The number of imidazole rings is 1. The topological polar surface area (TPSA) is 60.7 Å². The predicted octanol–water partition coefficient (Wildman–Crippen LogP) is 4.78. The molecule has 2 saturated heterocycles. The van der Waals surface area contributed by atoms with Gasteiger partial charge in [-0.25, -0.2) is 9.18 Å². The summed E-state index contributed by atoms with van der Waals surface area (Å²) in [5, 5.41) is 3.33. The van der Waals surface area contributed by atoms with E-state index in [-0.39, 0.29) is 29.9 Å². The Balaban J connectivity index is 1.45. The average molecular weight is 585 g/mol. The molecule has 7 nitrogen and oxygen atoms in total. The third-order valence-electron chi connectivity index (χ3n) is 8.49. The van der Waals surface area contributed by atoms with Gasteiger partial charge in [-0.1, -0.05) is 36.4 Å². The summed E-state index contributed by atoms with van der Waals surface area (Å²) in [7, 11) is 3.13. The number of hydrogen-bond donors (Lipinski definition) is 1. The fourth-order valence-electron chi connectivity index (χ4n) is 6.45. The Morgan fingerprint density at radius 2 is 1.67 bits per heavy atom. The lowest BCUT2D eigenvalue weighted by Gasteiger charge is -2.38. The maximum atomic E-state index is 15.6. The Kier molecular flexibility index (Phi) is 7.59. The van der Waals surface area contributed by atoms with Crippen molar-refractivity contribution in [2.45, 2.75) is 37.3 Å². The van der Waals surface area contributed by atoms with Gasteiger partial charge in [0.15, 0.2) is 0 Å². The number of hydrogen-bond acceptors (Lipinski definition) is 5. The Morgan fingerprint density at radius 1 is 0.929 bits per heavy atom. The van der Waals surface area contributed by atoms with Crippen LogP contribution in [0.5, 0.6) is 5.75 Å². The zero-order valence-corrected chi connectivity index (χ0v) is 23.3. The van der Waals surface area contributed by atoms with Gasteiger partial charge in [0.1, 0.15) is 17.1 Å². The highest BCUT2D eigenvalue weighted by Crippen LogP contribution is 2.39. The van der Waals surface area contributed by atoms with Gasteiger partial charge >= 0.3 is 11.9 Å². The summed E-state index contributed by atoms with van der Waals surface area (Å²) in [6.45, 7) is 2.59. The molecule has 0 aliphatic carbocycles. The van der Waals surface area contributed by atoms with Crippen molar-refractivity contribution in [1.82, 2.24) is 19.4 Å². The van der Waals surface area contributed by atoms with E-state index in [1.807, 2.05) is 6.07 Å². The summed E-state index contributed by atoms with van der Waals surface area (Å²) < 4.78 is 71.1. The minimum Gasteiger partial charge on any atom is -0.494 e. The van der Waals surface area contributed by atoms with Gasteiger partial charge in [0, 0.05) is 45.8 Å². The molecule has 1 aromatic heterocycles. The number of rotatable bonds is 8. The molecule has 3 heterocycles. The van der Waals surface area contributed by atoms with Crippen molar-refractivity contribution in [2.24, 2.45) is 0 Å². The number of aromatic nitrogens is 2. The predicted molar refractivity (Wildman–Crippen MR) is 150 cm³/mol. The van der Waals surface area contributed by atoms with Crippen LogP contribution in [0.3, 0.4) is 0 Å². The Morgan fingerprint density at radius 3 is 2.40 bits per heavy atom. The lowest BCUT2D eigenvalue weighted by Crippen LogP contribution is -2.51. The third-order valence-corrected chi connectivity index (χ3v) is 8.49. The second-order valence-electron chi connectivity index (χ2n) is 10.9. The van der Waals surface area contributed by atoms with Crippen molar-refractivity contribution in [3.8, 4) is 5.75 Å². The molecule has 2 fully saturated rings. The SMILES string of the molecule is COc1cccc2c1n(Cc1ccccc1C(F)(F)F)c(=O)n2[C@H]1CNCC1c1c(F)cccc1CN1CC(OC)C1. The fourth-order valence-corrected chi connectivity index (χ4v) is 6.45. The van der Waals surface area contributed by atoms with Gasteiger partial charge < -0.3 is 14.8 Å². The average Bonchev–Trinajstić information content (AvgIpc) is 3.52. The van der Waals surface area contributed by atoms with Crippen molar-refractivity contribution in [1.29, 1.82) is 0 Å². The molecule has 222 valence electrons. The molecule has 2 aliphatic heterocycles. The monoisotopic (exact) mass is 584 g/mol. The number of nitrogens with one attached hydrogen (secondary N) is 1. The lowest BCUT2D eigenvalue weighted by atomic mass is 9.89. The first-order valence-electron chi connectivity index (χ1n) is 13.9. The number of alkyl halides is 3. The van der Waals surface area contributed by atoms with E-state index in [0.717, 1.165) is 24.7 Å². The normalized spacial score (nSPS) is 19.9. The second kappa shape index (κ2) is 11.2. The molecule has 2 aliphatic rings. The van der Waals surface area contributed by atoms with Crippen LogP contribution >= 0.6 is 0 Å². The molecule has 3 aromatic carbocycles. The Labute approximate surface area is 240 Å².